The molecular formula is C15H24N2O. The van der Waals surface area contributed by atoms with Gasteiger partial charge in [0.05, 0.1) is 12.1 Å². The van der Waals surface area contributed by atoms with Crippen molar-refractivity contribution in [1.29, 1.82) is 0 Å². The van der Waals surface area contributed by atoms with Crippen molar-refractivity contribution in [2.24, 2.45) is 5.73 Å². The molecule has 0 aliphatic heterocycles. The Labute approximate surface area is 110 Å². The summed E-state index contributed by atoms with van der Waals surface area (Å²) in [6.07, 6.45) is 2.53. The fraction of sp³-hybridized carbons (Fsp3) is 0.533. The molecular weight excluding hydrogens is 224 g/mol. The van der Waals surface area contributed by atoms with Gasteiger partial charge in [0.1, 0.15) is 0 Å². The molecule has 3 N–H and O–H groups in total. The molecule has 0 aliphatic rings. The van der Waals surface area contributed by atoms with Gasteiger partial charge in [0, 0.05) is 0 Å². The summed E-state index contributed by atoms with van der Waals surface area (Å²) in [5.74, 6) is -0.0516. The van der Waals surface area contributed by atoms with Gasteiger partial charge in [-0.25, -0.2) is 0 Å². The van der Waals surface area contributed by atoms with E-state index in [4.69, 9.17) is 5.73 Å². The molecule has 1 aromatic rings. The van der Waals surface area contributed by atoms with Crippen LogP contribution in [0.4, 0.5) is 0 Å². The Hall–Kier alpha value is -1.35. The molecule has 0 saturated carbocycles. The van der Waals surface area contributed by atoms with Crippen LogP contribution in [0.25, 0.3) is 0 Å². The monoisotopic (exact) mass is 248 g/mol. The van der Waals surface area contributed by atoms with Crippen molar-refractivity contribution >= 4 is 5.91 Å². The average molecular weight is 248 g/mol. The quantitative estimate of drug-likeness (QED) is 0.813. The van der Waals surface area contributed by atoms with Crippen LogP contribution in [-0.4, -0.2) is 11.9 Å². The standard InChI is InChI=1S/C15H24N2O/c1-4-6-13(16)15(18)17-14(5-2)12-9-7-11(3)8-10-12/h7-10,13-14H,4-6,16H2,1-3H3,(H,17,18)/t13-,14?/m1/s1. The van der Waals surface area contributed by atoms with Gasteiger partial charge in [0.15, 0.2) is 0 Å². The number of nitrogens with two attached hydrogens (primary N) is 1. The van der Waals surface area contributed by atoms with Crippen molar-refractivity contribution in [2.45, 2.75) is 52.1 Å². The molecule has 1 unspecified atom stereocenters. The molecule has 0 aromatic heterocycles. The minimum Gasteiger partial charge on any atom is -0.348 e. The first-order chi connectivity index (χ1) is 8.58. The SMILES string of the molecule is CCC[C@@H](N)C(=O)NC(CC)c1ccc(C)cc1. The summed E-state index contributed by atoms with van der Waals surface area (Å²) >= 11 is 0. The number of hydrogen-bond acceptors (Lipinski definition) is 2. The molecule has 0 radical (unpaired) electrons. The van der Waals surface area contributed by atoms with E-state index in [0.29, 0.717) is 0 Å². The van der Waals surface area contributed by atoms with Crippen LogP contribution in [0.15, 0.2) is 24.3 Å². The molecule has 1 aromatic carbocycles. The number of aryl methyl sites for hydroxylation is 1. The van der Waals surface area contributed by atoms with Crippen molar-refractivity contribution in [3.8, 4) is 0 Å². The zero-order chi connectivity index (χ0) is 13.5. The minimum atomic E-state index is -0.394. The van der Waals surface area contributed by atoms with Gasteiger partial charge in [-0.2, -0.15) is 0 Å². The Balaban J connectivity index is 2.67. The molecule has 0 aliphatic carbocycles. The predicted molar refractivity (Wildman–Crippen MR) is 75.2 cm³/mol. The van der Waals surface area contributed by atoms with E-state index in [2.05, 4.69) is 43.4 Å². The maximum Gasteiger partial charge on any atom is 0.237 e. The second-order valence-electron chi connectivity index (χ2n) is 4.78. The maximum absolute atomic E-state index is 11.9. The number of amides is 1. The number of nitrogens with one attached hydrogen (secondary N) is 1. The molecule has 0 bridgehead atoms. The molecule has 0 spiro atoms. The van der Waals surface area contributed by atoms with Crippen molar-refractivity contribution in [3.63, 3.8) is 0 Å². The fourth-order valence-corrected chi connectivity index (χ4v) is 1.94. The van der Waals surface area contributed by atoms with E-state index < -0.39 is 6.04 Å². The molecule has 0 heterocycles. The Kier molecular flexibility index (Phi) is 5.86. The number of carbonyl (C=O) groups is 1. The molecule has 1 amide bonds. The minimum absolute atomic E-state index is 0.0516. The predicted octanol–water partition coefficient (Wildman–Crippen LogP) is 2.69. The first kappa shape index (κ1) is 14.7. The van der Waals surface area contributed by atoms with Crippen molar-refractivity contribution in [3.05, 3.63) is 35.4 Å². The molecule has 0 saturated heterocycles. The molecule has 3 heteroatoms. The fourth-order valence-electron chi connectivity index (χ4n) is 1.94. The Bertz CT molecular complexity index is 373. The van der Waals surface area contributed by atoms with E-state index in [-0.39, 0.29) is 11.9 Å². The van der Waals surface area contributed by atoms with Gasteiger partial charge in [0.25, 0.3) is 0 Å². The Morgan fingerprint density at radius 2 is 1.89 bits per heavy atom. The van der Waals surface area contributed by atoms with Gasteiger partial charge >= 0.3 is 0 Å². The zero-order valence-electron chi connectivity index (χ0n) is 11.6. The van der Waals surface area contributed by atoms with Crippen molar-refractivity contribution < 1.29 is 4.79 Å². The highest BCUT2D eigenvalue weighted by Gasteiger charge is 2.17. The molecule has 2 atom stereocenters. The van der Waals surface area contributed by atoms with E-state index in [1.165, 1.54) is 5.56 Å². The first-order valence-electron chi connectivity index (χ1n) is 6.71. The topological polar surface area (TPSA) is 55.1 Å². The van der Waals surface area contributed by atoms with Crippen molar-refractivity contribution in [2.75, 3.05) is 0 Å². The third kappa shape index (κ3) is 4.15. The van der Waals surface area contributed by atoms with E-state index >= 15 is 0 Å². The van der Waals surface area contributed by atoms with Crippen LogP contribution in [0, 0.1) is 6.92 Å². The van der Waals surface area contributed by atoms with E-state index in [1.54, 1.807) is 0 Å². The number of rotatable bonds is 6. The van der Waals surface area contributed by atoms with Gasteiger partial charge in [-0.1, -0.05) is 50.1 Å². The summed E-state index contributed by atoms with van der Waals surface area (Å²) in [5, 5.41) is 3.02. The Morgan fingerprint density at radius 3 is 2.39 bits per heavy atom. The highest BCUT2D eigenvalue weighted by atomic mass is 16.2. The van der Waals surface area contributed by atoms with Crippen LogP contribution in [0.5, 0.6) is 0 Å². The number of benzene rings is 1. The van der Waals surface area contributed by atoms with Crippen LogP contribution in [0.3, 0.4) is 0 Å². The summed E-state index contributed by atoms with van der Waals surface area (Å²) < 4.78 is 0. The molecule has 100 valence electrons. The van der Waals surface area contributed by atoms with Gasteiger partial charge in [-0.15, -0.1) is 0 Å². The summed E-state index contributed by atoms with van der Waals surface area (Å²) in [4.78, 5) is 11.9. The van der Waals surface area contributed by atoms with Crippen LogP contribution < -0.4 is 11.1 Å². The van der Waals surface area contributed by atoms with Crippen LogP contribution in [-0.2, 0) is 4.79 Å². The van der Waals surface area contributed by atoms with Gasteiger partial charge < -0.3 is 11.1 Å². The Morgan fingerprint density at radius 1 is 1.28 bits per heavy atom. The van der Waals surface area contributed by atoms with E-state index in [0.717, 1.165) is 24.8 Å². The zero-order valence-corrected chi connectivity index (χ0v) is 11.6. The average Bonchev–Trinajstić information content (AvgIpc) is 2.37. The van der Waals surface area contributed by atoms with Gasteiger partial charge in [0.2, 0.25) is 5.91 Å². The summed E-state index contributed by atoms with van der Waals surface area (Å²) in [6.45, 7) is 6.15. The second kappa shape index (κ2) is 7.17. The lowest BCUT2D eigenvalue weighted by Crippen LogP contribution is -2.42. The molecule has 18 heavy (non-hydrogen) atoms. The number of hydrogen-bond donors (Lipinski definition) is 2. The molecule has 1 rings (SSSR count). The van der Waals surface area contributed by atoms with Gasteiger partial charge in [-0.05, 0) is 25.3 Å². The normalized spacial score (nSPS) is 14.0. The highest BCUT2D eigenvalue weighted by molar-refractivity contribution is 5.81. The third-order valence-corrected chi connectivity index (χ3v) is 3.14. The van der Waals surface area contributed by atoms with Crippen LogP contribution >= 0.6 is 0 Å². The first-order valence-corrected chi connectivity index (χ1v) is 6.71. The lowest BCUT2D eigenvalue weighted by molar-refractivity contribution is -0.123. The van der Waals surface area contributed by atoms with E-state index in [9.17, 15) is 4.79 Å². The summed E-state index contributed by atoms with van der Waals surface area (Å²) in [6, 6.07) is 7.92. The third-order valence-electron chi connectivity index (χ3n) is 3.14. The van der Waals surface area contributed by atoms with Crippen LogP contribution in [0.1, 0.15) is 50.3 Å². The smallest absolute Gasteiger partial charge is 0.237 e. The molecule has 3 nitrogen and oxygen atoms in total. The maximum atomic E-state index is 11.9. The van der Waals surface area contributed by atoms with Gasteiger partial charge in [-0.3, -0.25) is 4.79 Å². The van der Waals surface area contributed by atoms with E-state index in [1.807, 2.05) is 6.92 Å². The lowest BCUT2D eigenvalue weighted by Gasteiger charge is -2.20. The van der Waals surface area contributed by atoms with Crippen LogP contribution in [0.2, 0.25) is 0 Å². The van der Waals surface area contributed by atoms with Crippen molar-refractivity contribution in [1.82, 2.24) is 5.32 Å². The summed E-state index contributed by atoms with van der Waals surface area (Å²) in [7, 11) is 0. The number of carbonyl (C=O) groups excluding carboxylic acids is 1. The largest absolute Gasteiger partial charge is 0.348 e. The highest BCUT2D eigenvalue weighted by Crippen LogP contribution is 2.17. The second-order valence-corrected chi connectivity index (χ2v) is 4.78. The molecule has 0 fully saturated rings. The summed E-state index contributed by atoms with van der Waals surface area (Å²) in [5.41, 5.74) is 8.18. The lowest BCUT2D eigenvalue weighted by atomic mass is 10.0.